The molecule has 5 atom stereocenters. The molecule has 6 heteroatoms. The zero-order valence-corrected chi connectivity index (χ0v) is 22.5. The zero-order valence-electron chi connectivity index (χ0n) is 22.5. The SMILES string of the molecule is COC[C@@H]1CCCN1C[C@H]1O[C@@H](c2cccc(-c3cccc(CN)c3)c2)O[C@@H](c2ccc(CO)cc2)[C@H]1C. The molecule has 0 aromatic heterocycles. The molecule has 0 spiro atoms. The summed E-state index contributed by atoms with van der Waals surface area (Å²) in [6.07, 6.45) is 1.73. The van der Waals surface area contributed by atoms with Gasteiger partial charge in [0.05, 0.1) is 25.4 Å². The Labute approximate surface area is 226 Å². The maximum Gasteiger partial charge on any atom is 0.184 e. The Balaban J connectivity index is 1.44. The van der Waals surface area contributed by atoms with Gasteiger partial charge < -0.3 is 25.1 Å². The Hall–Kier alpha value is -2.58. The Morgan fingerprint density at radius 2 is 1.71 bits per heavy atom. The van der Waals surface area contributed by atoms with E-state index in [4.69, 9.17) is 19.9 Å². The first-order valence-corrected chi connectivity index (χ1v) is 13.7. The summed E-state index contributed by atoms with van der Waals surface area (Å²) >= 11 is 0. The number of hydrogen-bond acceptors (Lipinski definition) is 6. The van der Waals surface area contributed by atoms with Crippen LogP contribution in [0.4, 0.5) is 0 Å². The van der Waals surface area contributed by atoms with Gasteiger partial charge in [-0.1, -0.05) is 67.6 Å². The summed E-state index contributed by atoms with van der Waals surface area (Å²) in [4.78, 5) is 2.52. The van der Waals surface area contributed by atoms with Crippen molar-refractivity contribution in [3.05, 3.63) is 95.1 Å². The van der Waals surface area contributed by atoms with Gasteiger partial charge in [0.25, 0.3) is 0 Å². The van der Waals surface area contributed by atoms with Crippen LogP contribution in [0.25, 0.3) is 11.1 Å². The molecule has 3 N–H and O–H groups in total. The van der Waals surface area contributed by atoms with E-state index >= 15 is 0 Å². The quantitative estimate of drug-likeness (QED) is 0.407. The number of aliphatic hydroxyl groups excluding tert-OH is 1. The first-order valence-electron chi connectivity index (χ1n) is 13.7. The van der Waals surface area contributed by atoms with Crippen molar-refractivity contribution in [3.63, 3.8) is 0 Å². The highest BCUT2D eigenvalue weighted by molar-refractivity contribution is 5.65. The van der Waals surface area contributed by atoms with Crippen molar-refractivity contribution in [1.82, 2.24) is 4.90 Å². The molecule has 0 radical (unpaired) electrons. The van der Waals surface area contributed by atoms with Gasteiger partial charge in [0.15, 0.2) is 6.29 Å². The van der Waals surface area contributed by atoms with E-state index in [0.29, 0.717) is 12.6 Å². The summed E-state index contributed by atoms with van der Waals surface area (Å²) in [5, 5.41) is 9.53. The Kier molecular flexibility index (Phi) is 8.89. The molecule has 2 heterocycles. The van der Waals surface area contributed by atoms with Crippen molar-refractivity contribution in [2.24, 2.45) is 11.7 Å². The number of likely N-dealkylation sites (tertiary alicyclic amines) is 1. The summed E-state index contributed by atoms with van der Waals surface area (Å²) in [6.45, 7) is 5.43. The van der Waals surface area contributed by atoms with E-state index in [-0.39, 0.29) is 24.7 Å². The van der Waals surface area contributed by atoms with Crippen molar-refractivity contribution in [2.75, 3.05) is 26.8 Å². The van der Waals surface area contributed by atoms with Crippen LogP contribution in [-0.2, 0) is 27.4 Å². The van der Waals surface area contributed by atoms with E-state index < -0.39 is 6.29 Å². The van der Waals surface area contributed by atoms with Gasteiger partial charge >= 0.3 is 0 Å². The first kappa shape index (κ1) is 27.0. The van der Waals surface area contributed by atoms with Gasteiger partial charge in [-0.15, -0.1) is 0 Å². The Morgan fingerprint density at radius 1 is 0.947 bits per heavy atom. The molecule has 2 fully saturated rings. The number of nitrogens with zero attached hydrogens (tertiary/aromatic N) is 1. The highest BCUT2D eigenvalue weighted by atomic mass is 16.7. The lowest BCUT2D eigenvalue weighted by molar-refractivity contribution is -0.276. The molecule has 3 aromatic rings. The molecule has 0 aliphatic carbocycles. The summed E-state index contributed by atoms with van der Waals surface area (Å²) in [6, 6.07) is 25.3. The molecule has 3 aromatic carbocycles. The predicted molar refractivity (Wildman–Crippen MR) is 149 cm³/mol. The van der Waals surface area contributed by atoms with E-state index in [2.05, 4.69) is 66.4 Å². The van der Waals surface area contributed by atoms with Gasteiger partial charge in [0.2, 0.25) is 0 Å². The molecule has 38 heavy (non-hydrogen) atoms. The predicted octanol–water partition coefficient (Wildman–Crippen LogP) is 5.21. The topological polar surface area (TPSA) is 77.2 Å². The van der Waals surface area contributed by atoms with Crippen LogP contribution in [0.2, 0.25) is 0 Å². The molecule has 202 valence electrons. The average molecular weight is 517 g/mol. The number of nitrogens with two attached hydrogens (primary N) is 1. The van der Waals surface area contributed by atoms with Crippen LogP contribution in [-0.4, -0.2) is 49.0 Å². The second-order valence-corrected chi connectivity index (χ2v) is 10.6. The van der Waals surface area contributed by atoms with Gasteiger partial charge in [-0.2, -0.15) is 0 Å². The summed E-state index contributed by atoms with van der Waals surface area (Å²) in [5.41, 5.74) is 12.2. The number of ether oxygens (including phenoxy) is 3. The van der Waals surface area contributed by atoms with Crippen LogP contribution < -0.4 is 5.73 Å². The summed E-state index contributed by atoms with van der Waals surface area (Å²) in [7, 11) is 1.78. The largest absolute Gasteiger partial charge is 0.392 e. The number of methoxy groups -OCH3 is 1. The molecule has 5 rings (SSSR count). The minimum atomic E-state index is -0.486. The number of hydrogen-bond donors (Lipinski definition) is 2. The highest BCUT2D eigenvalue weighted by Gasteiger charge is 2.40. The summed E-state index contributed by atoms with van der Waals surface area (Å²) in [5.74, 6) is 0.152. The van der Waals surface area contributed by atoms with Crippen LogP contribution in [0.1, 0.15) is 54.4 Å². The van der Waals surface area contributed by atoms with Gasteiger partial charge in [-0.05, 0) is 59.3 Å². The zero-order chi connectivity index (χ0) is 26.5. The molecule has 2 aliphatic heterocycles. The van der Waals surface area contributed by atoms with Crippen LogP contribution in [0.5, 0.6) is 0 Å². The van der Waals surface area contributed by atoms with E-state index in [1.807, 2.05) is 18.2 Å². The van der Waals surface area contributed by atoms with Crippen molar-refractivity contribution >= 4 is 0 Å². The average Bonchev–Trinajstić information content (AvgIpc) is 3.41. The van der Waals surface area contributed by atoms with Gasteiger partial charge in [-0.25, -0.2) is 0 Å². The molecule has 0 saturated carbocycles. The monoisotopic (exact) mass is 516 g/mol. The lowest BCUT2D eigenvalue weighted by Crippen LogP contribution is -2.46. The third-order valence-corrected chi connectivity index (χ3v) is 8.05. The fourth-order valence-electron chi connectivity index (χ4n) is 5.82. The van der Waals surface area contributed by atoms with Crippen molar-refractivity contribution < 1.29 is 19.3 Å². The lowest BCUT2D eigenvalue weighted by atomic mass is 9.89. The second-order valence-electron chi connectivity index (χ2n) is 10.6. The molecular formula is C32H40N2O4. The smallest absolute Gasteiger partial charge is 0.184 e. The number of benzene rings is 3. The van der Waals surface area contributed by atoms with E-state index in [0.717, 1.165) is 59.5 Å². The maximum atomic E-state index is 9.53. The fourth-order valence-corrected chi connectivity index (χ4v) is 5.82. The maximum absolute atomic E-state index is 9.53. The fraction of sp³-hybridized carbons (Fsp3) is 0.438. The van der Waals surface area contributed by atoms with Gasteiger partial charge in [0, 0.05) is 37.7 Å². The van der Waals surface area contributed by atoms with Crippen LogP contribution in [0.3, 0.4) is 0 Å². The second kappa shape index (κ2) is 12.5. The third-order valence-electron chi connectivity index (χ3n) is 8.05. The molecule has 6 nitrogen and oxygen atoms in total. The minimum absolute atomic E-state index is 0.00190. The Morgan fingerprint density at radius 3 is 2.45 bits per heavy atom. The van der Waals surface area contributed by atoms with Gasteiger partial charge in [0.1, 0.15) is 0 Å². The summed E-state index contributed by atoms with van der Waals surface area (Å²) < 4.78 is 19.0. The molecule has 2 aliphatic rings. The van der Waals surface area contributed by atoms with Crippen LogP contribution in [0, 0.1) is 5.92 Å². The standard InChI is InChI=1S/C32H40N2O4/c1-22-30(19-34-15-5-10-29(34)21-36-2)37-32(38-31(22)25-13-11-23(20-35)12-14-25)28-9-4-8-27(17-28)26-7-3-6-24(16-26)18-33/h3-4,6-9,11-14,16-17,22,29-32,35H,5,10,15,18-21,33H2,1-2H3/t22-,29-,30+,31+,32+/m0/s1. The molecular weight excluding hydrogens is 476 g/mol. The van der Waals surface area contributed by atoms with E-state index in [9.17, 15) is 5.11 Å². The van der Waals surface area contributed by atoms with E-state index in [1.54, 1.807) is 7.11 Å². The number of aliphatic hydroxyl groups is 1. The van der Waals surface area contributed by atoms with Crippen molar-refractivity contribution in [2.45, 2.75) is 57.5 Å². The van der Waals surface area contributed by atoms with E-state index in [1.165, 1.54) is 6.42 Å². The van der Waals surface area contributed by atoms with Crippen LogP contribution in [0.15, 0.2) is 72.8 Å². The van der Waals surface area contributed by atoms with Crippen molar-refractivity contribution in [3.8, 4) is 11.1 Å². The minimum Gasteiger partial charge on any atom is -0.392 e. The molecule has 0 unspecified atom stereocenters. The Bertz CT molecular complexity index is 1180. The normalized spacial score (nSPS) is 26.1. The molecule has 0 bridgehead atoms. The van der Waals surface area contributed by atoms with Crippen molar-refractivity contribution in [1.29, 1.82) is 0 Å². The molecule has 0 amide bonds. The third kappa shape index (κ3) is 6.01. The number of rotatable bonds is 9. The first-order chi connectivity index (χ1) is 18.6. The lowest BCUT2D eigenvalue weighted by Gasteiger charge is -2.43. The molecule has 2 saturated heterocycles. The highest BCUT2D eigenvalue weighted by Crippen LogP contribution is 2.43. The van der Waals surface area contributed by atoms with Crippen LogP contribution >= 0.6 is 0 Å². The van der Waals surface area contributed by atoms with Gasteiger partial charge in [-0.3, -0.25) is 4.90 Å².